The maximum atomic E-state index is 5.59. The van der Waals surface area contributed by atoms with Crippen LogP contribution in [0.3, 0.4) is 0 Å². The summed E-state index contributed by atoms with van der Waals surface area (Å²) < 4.78 is 10.5. The third-order valence-electron chi connectivity index (χ3n) is 2.78. The van der Waals surface area contributed by atoms with Gasteiger partial charge in [-0.25, -0.2) is 0 Å². The lowest BCUT2D eigenvalue weighted by Gasteiger charge is -2.07. The van der Waals surface area contributed by atoms with E-state index in [2.05, 4.69) is 16.3 Å². The maximum Gasteiger partial charge on any atom is 0.119 e. The molecule has 0 fully saturated rings. The Balaban J connectivity index is 1.87. The lowest BCUT2D eigenvalue weighted by atomic mass is 10.1. The van der Waals surface area contributed by atoms with E-state index < -0.39 is 0 Å². The van der Waals surface area contributed by atoms with Gasteiger partial charge in [-0.3, -0.25) is 5.10 Å². The first kappa shape index (κ1) is 13.4. The van der Waals surface area contributed by atoms with Gasteiger partial charge in [0.15, 0.2) is 0 Å². The number of nitrogens with zero attached hydrogens (tertiary/aromatic N) is 1. The van der Waals surface area contributed by atoms with E-state index in [4.69, 9.17) is 15.2 Å². The van der Waals surface area contributed by atoms with Crippen LogP contribution in [0.5, 0.6) is 5.75 Å². The van der Waals surface area contributed by atoms with Crippen molar-refractivity contribution in [3.8, 4) is 5.75 Å². The number of H-pyrrole nitrogens is 1. The molecule has 0 bridgehead atoms. The number of aryl methyl sites for hydroxylation is 2. The number of anilines is 1. The van der Waals surface area contributed by atoms with Crippen molar-refractivity contribution in [2.24, 2.45) is 0 Å². The average Bonchev–Trinajstić information content (AvgIpc) is 2.83. The maximum absolute atomic E-state index is 5.59. The summed E-state index contributed by atoms with van der Waals surface area (Å²) >= 11 is 0. The second kappa shape index (κ2) is 6.80. The highest BCUT2D eigenvalue weighted by atomic mass is 16.5. The first-order chi connectivity index (χ1) is 9.28. The third-order valence-corrected chi connectivity index (χ3v) is 2.78. The van der Waals surface area contributed by atoms with Gasteiger partial charge in [0, 0.05) is 13.2 Å². The fourth-order valence-electron chi connectivity index (χ4n) is 1.81. The van der Waals surface area contributed by atoms with Crippen LogP contribution in [0.15, 0.2) is 30.3 Å². The number of rotatable bonds is 7. The van der Waals surface area contributed by atoms with Crippen molar-refractivity contribution in [2.75, 3.05) is 26.1 Å². The predicted octanol–water partition coefficient (Wildman–Crippen LogP) is 1.80. The Hall–Kier alpha value is -2.01. The number of hydrogen-bond donors (Lipinski definition) is 2. The molecule has 1 aromatic carbocycles. The summed E-state index contributed by atoms with van der Waals surface area (Å²) in [5.74, 6) is 1.47. The molecule has 0 aliphatic heterocycles. The zero-order valence-electron chi connectivity index (χ0n) is 11.1. The van der Waals surface area contributed by atoms with E-state index in [9.17, 15) is 0 Å². The fraction of sp³-hybridized carbons (Fsp3) is 0.357. The molecule has 0 radical (unpaired) electrons. The van der Waals surface area contributed by atoms with Gasteiger partial charge in [-0.2, -0.15) is 5.10 Å². The molecule has 0 amide bonds. The number of benzene rings is 1. The van der Waals surface area contributed by atoms with Gasteiger partial charge in [0.1, 0.15) is 18.2 Å². The largest absolute Gasteiger partial charge is 0.491 e. The number of nitrogen functional groups attached to an aromatic ring is 1. The second-order valence-corrected chi connectivity index (χ2v) is 4.30. The monoisotopic (exact) mass is 261 g/mol. The van der Waals surface area contributed by atoms with Crippen LogP contribution >= 0.6 is 0 Å². The van der Waals surface area contributed by atoms with Crippen LogP contribution in [-0.4, -0.2) is 30.5 Å². The van der Waals surface area contributed by atoms with Crippen LogP contribution in [0.2, 0.25) is 0 Å². The number of nitrogens with two attached hydrogens (primary N) is 1. The van der Waals surface area contributed by atoms with Gasteiger partial charge in [-0.1, -0.05) is 12.1 Å². The fourth-order valence-corrected chi connectivity index (χ4v) is 1.81. The van der Waals surface area contributed by atoms with Gasteiger partial charge in [0.05, 0.1) is 12.3 Å². The van der Waals surface area contributed by atoms with E-state index in [0.717, 1.165) is 24.3 Å². The molecule has 1 heterocycles. The molecule has 19 heavy (non-hydrogen) atoms. The van der Waals surface area contributed by atoms with Gasteiger partial charge >= 0.3 is 0 Å². The van der Waals surface area contributed by atoms with Gasteiger partial charge in [-0.05, 0) is 30.5 Å². The molecule has 5 heteroatoms. The molecule has 102 valence electrons. The first-order valence-corrected chi connectivity index (χ1v) is 6.28. The molecule has 0 atom stereocenters. The van der Waals surface area contributed by atoms with Crippen LogP contribution in [0.1, 0.15) is 11.3 Å². The molecule has 2 aromatic rings. The molecule has 0 saturated heterocycles. The number of nitrogens with one attached hydrogen (secondary N) is 1. The molecule has 1 aromatic heterocycles. The second-order valence-electron chi connectivity index (χ2n) is 4.30. The Kier molecular flexibility index (Phi) is 4.80. The Morgan fingerprint density at radius 2 is 2.11 bits per heavy atom. The molecular formula is C14H19N3O2. The minimum absolute atomic E-state index is 0.565. The van der Waals surface area contributed by atoms with Crippen molar-refractivity contribution in [1.82, 2.24) is 10.2 Å². The molecule has 0 aliphatic carbocycles. The summed E-state index contributed by atoms with van der Waals surface area (Å²) in [6, 6.07) is 9.94. The summed E-state index contributed by atoms with van der Waals surface area (Å²) in [6.45, 7) is 1.16. The summed E-state index contributed by atoms with van der Waals surface area (Å²) in [6.07, 6.45) is 1.76. The van der Waals surface area contributed by atoms with Crippen LogP contribution in [0.4, 0.5) is 5.82 Å². The standard InChI is InChI=1S/C14H19N3O2/c1-18-7-8-19-13-4-2-3-11(9-13)5-6-12-10-14(15)17-16-12/h2-4,9-10H,5-8H2,1H3,(H3,15,16,17). The normalized spacial score (nSPS) is 10.6. The predicted molar refractivity (Wildman–Crippen MR) is 74.2 cm³/mol. The Morgan fingerprint density at radius 1 is 1.21 bits per heavy atom. The topological polar surface area (TPSA) is 73.2 Å². The Labute approximate surface area is 112 Å². The third kappa shape index (κ3) is 4.30. The average molecular weight is 261 g/mol. The van der Waals surface area contributed by atoms with Crippen LogP contribution in [-0.2, 0) is 17.6 Å². The zero-order chi connectivity index (χ0) is 13.5. The molecule has 0 saturated carbocycles. The molecule has 2 rings (SSSR count). The molecule has 0 aliphatic rings. The number of ether oxygens (including phenoxy) is 2. The highest BCUT2D eigenvalue weighted by Crippen LogP contribution is 2.15. The summed E-state index contributed by atoms with van der Waals surface area (Å²) in [5.41, 5.74) is 7.78. The quantitative estimate of drug-likeness (QED) is 0.745. The Morgan fingerprint density at radius 3 is 2.84 bits per heavy atom. The zero-order valence-corrected chi connectivity index (χ0v) is 11.1. The van der Waals surface area contributed by atoms with E-state index in [1.54, 1.807) is 7.11 Å². The Bertz CT molecular complexity index is 511. The molecule has 0 unspecified atom stereocenters. The molecular weight excluding hydrogens is 242 g/mol. The summed E-state index contributed by atoms with van der Waals surface area (Å²) in [7, 11) is 1.66. The summed E-state index contributed by atoms with van der Waals surface area (Å²) in [5, 5.41) is 6.86. The van der Waals surface area contributed by atoms with Gasteiger partial charge in [-0.15, -0.1) is 0 Å². The SMILES string of the molecule is COCCOc1cccc(CCc2cc(N)[nH]n2)c1. The lowest BCUT2D eigenvalue weighted by molar-refractivity contribution is 0.146. The molecule has 0 spiro atoms. The number of methoxy groups -OCH3 is 1. The first-order valence-electron chi connectivity index (χ1n) is 6.28. The van der Waals surface area contributed by atoms with Crippen LogP contribution in [0.25, 0.3) is 0 Å². The lowest BCUT2D eigenvalue weighted by Crippen LogP contribution is -2.04. The van der Waals surface area contributed by atoms with E-state index in [1.807, 2.05) is 24.3 Å². The van der Waals surface area contributed by atoms with Crippen molar-refractivity contribution < 1.29 is 9.47 Å². The van der Waals surface area contributed by atoms with Crippen molar-refractivity contribution in [2.45, 2.75) is 12.8 Å². The number of aromatic amines is 1. The number of aromatic nitrogens is 2. The molecule has 3 N–H and O–H groups in total. The van der Waals surface area contributed by atoms with Gasteiger partial charge in [0.2, 0.25) is 0 Å². The van der Waals surface area contributed by atoms with E-state index in [1.165, 1.54) is 5.56 Å². The minimum atomic E-state index is 0.565. The van der Waals surface area contributed by atoms with Gasteiger partial charge in [0.25, 0.3) is 0 Å². The number of hydrogen-bond acceptors (Lipinski definition) is 4. The van der Waals surface area contributed by atoms with Crippen molar-refractivity contribution in [1.29, 1.82) is 0 Å². The van der Waals surface area contributed by atoms with Gasteiger partial charge < -0.3 is 15.2 Å². The van der Waals surface area contributed by atoms with Crippen molar-refractivity contribution >= 4 is 5.82 Å². The highest BCUT2D eigenvalue weighted by molar-refractivity contribution is 5.31. The van der Waals surface area contributed by atoms with E-state index in [0.29, 0.717) is 19.0 Å². The van der Waals surface area contributed by atoms with Crippen molar-refractivity contribution in [3.63, 3.8) is 0 Å². The van der Waals surface area contributed by atoms with Crippen LogP contribution < -0.4 is 10.5 Å². The van der Waals surface area contributed by atoms with E-state index >= 15 is 0 Å². The molecule has 5 nitrogen and oxygen atoms in total. The minimum Gasteiger partial charge on any atom is -0.491 e. The van der Waals surface area contributed by atoms with Crippen molar-refractivity contribution in [3.05, 3.63) is 41.6 Å². The van der Waals surface area contributed by atoms with E-state index in [-0.39, 0.29) is 0 Å². The highest BCUT2D eigenvalue weighted by Gasteiger charge is 2.01. The van der Waals surface area contributed by atoms with Crippen LogP contribution in [0, 0.1) is 0 Å². The smallest absolute Gasteiger partial charge is 0.119 e. The summed E-state index contributed by atoms with van der Waals surface area (Å²) in [4.78, 5) is 0.